The lowest BCUT2D eigenvalue weighted by Gasteiger charge is -2.30. The molecule has 0 rings (SSSR count). The van der Waals surface area contributed by atoms with Crippen molar-refractivity contribution in [1.29, 1.82) is 0 Å². The van der Waals surface area contributed by atoms with Crippen molar-refractivity contribution in [2.24, 2.45) is 11.8 Å². The summed E-state index contributed by atoms with van der Waals surface area (Å²) in [5, 5.41) is 43.7. The van der Waals surface area contributed by atoms with Crippen LogP contribution >= 0.6 is 0 Å². The van der Waals surface area contributed by atoms with Gasteiger partial charge in [0, 0.05) is 39.3 Å². The van der Waals surface area contributed by atoms with Crippen molar-refractivity contribution in [3.8, 4) is 0 Å². The van der Waals surface area contributed by atoms with Crippen LogP contribution in [0.15, 0.2) is 0 Å². The molecule has 0 aromatic rings. The number of hydrogen-bond acceptors (Lipinski definition) is 8. The third-order valence-electron chi connectivity index (χ3n) is 13.0. The number of unbranched alkanes of at least 4 members (excludes halogenated alkanes) is 23. The molecule has 8 nitrogen and oxygen atoms in total. The molecule has 0 amide bonds. The number of aliphatic hydroxyl groups excluding tert-OH is 4. The fraction of sp³-hybridized carbons (Fsp3) is 1.00. The Balaban J connectivity index is 4.71. The van der Waals surface area contributed by atoms with Crippen LogP contribution < -0.4 is 0 Å². The largest absolute Gasteiger partial charge is 0.392 e. The third-order valence-corrected chi connectivity index (χ3v) is 13.0. The van der Waals surface area contributed by atoms with Crippen LogP contribution in [0.1, 0.15) is 234 Å². The third kappa shape index (κ3) is 39.3. The van der Waals surface area contributed by atoms with Crippen LogP contribution in [0, 0.1) is 11.8 Å². The second-order valence-corrected chi connectivity index (χ2v) is 19.0. The second kappa shape index (κ2) is 45.3. The van der Waals surface area contributed by atoms with E-state index in [2.05, 4.69) is 44.4 Å². The van der Waals surface area contributed by atoms with E-state index in [4.69, 9.17) is 9.47 Å². The highest BCUT2D eigenvalue weighted by molar-refractivity contribution is 4.75. The normalized spacial score (nSPS) is 15.2. The first-order valence-electron chi connectivity index (χ1n) is 26.5. The van der Waals surface area contributed by atoms with Crippen LogP contribution in [0.3, 0.4) is 0 Å². The summed E-state index contributed by atoms with van der Waals surface area (Å²) >= 11 is 0. The van der Waals surface area contributed by atoms with Gasteiger partial charge in [-0.3, -0.25) is 9.80 Å². The zero-order valence-corrected chi connectivity index (χ0v) is 41.2. The molecule has 0 bridgehead atoms. The quantitative estimate of drug-likeness (QED) is 0.0448. The standard InChI is InChI=1S/C52H108N2O6/c1-7-11-14-17-20-23-24-27-30-33-36-50(56)44-54(46-52(58)48(6)35-32-29-26-22-19-16-13-9-3)38-40-60-42-41-59-39-37-53(43-49(55)10-4)45-51(57)47(5)34-31-28-25-21-18-15-12-8-2/h47-52,55-58H,7-46H2,1-6H3. The van der Waals surface area contributed by atoms with Gasteiger partial charge in [0.25, 0.3) is 0 Å². The van der Waals surface area contributed by atoms with E-state index in [0.717, 1.165) is 25.7 Å². The molecule has 0 spiro atoms. The maximum Gasteiger partial charge on any atom is 0.0701 e. The molecule has 0 saturated heterocycles. The first kappa shape index (κ1) is 59.7. The Bertz CT molecular complexity index is 838. The molecule has 60 heavy (non-hydrogen) atoms. The molecule has 0 aliphatic rings. The molecule has 0 heterocycles. The van der Waals surface area contributed by atoms with Crippen molar-refractivity contribution in [2.45, 2.75) is 259 Å². The number of rotatable bonds is 49. The number of hydrogen-bond donors (Lipinski definition) is 4. The Morgan fingerprint density at radius 3 is 0.983 bits per heavy atom. The van der Waals surface area contributed by atoms with Gasteiger partial charge in [-0.05, 0) is 37.5 Å². The summed E-state index contributed by atoms with van der Waals surface area (Å²) < 4.78 is 12.0. The van der Waals surface area contributed by atoms with Crippen LogP contribution in [0.5, 0.6) is 0 Å². The van der Waals surface area contributed by atoms with Crippen LogP contribution in [0.4, 0.5) is 0 Å². The second-order valence-electron chi connectivity index (χ2n) is 19.0. The topological polar surface area (TPSA) is 106 Å². The molecular weight excluding hydrogens is 749 g/mol. The van der Waals surface area contributed by atoms with Gasteiger partial charge in [0.2, 0.25) is 0 Å². The smallest absolute Gasteiger partial charge is 0.0701 e. The molecule has 6 unspecified atom stereocenters. The Morgan fingerprint density at radius 1 is 0.350 bits per heavy atom. The monoisotopic (exact) mass is 857 g/mol. The van der Waals surface area contributed by atoms with E-state index >= 15 is 0 Å². The Kier molecular flexibility index (Phi) is 45.0. The predicted octanol–water partition coefficient (Wildman–Crippen LogP) is 12.1. The van der Waals surface area contributed by atoms with Gasteiger partial charge in [-0.2, -0.15) is 0 Å². The minimum absolute atomic E-state index is 0.234. The van der Waals surface area contributed by atoms with Gasteiger partial charge in [-0.25, -0.2) is 0 Å². The van der Waals surface area contributed by atoms with Crippen molar-refractivity contribution in [1.82, 2.24) is 9.80 Å². The molecule has 0 aliphatic carbocycles. The molecule has 4 N–H and O–H groups in total. The highest BCUT2D eigenvalue weighted by atomic mass is 16.5. The number of nitrogens with zero attached hydrogens (tertiary/aromatic N) is 2. The van der Waals surface area contributed by atoms with Gasteiger partial charge in [0.05, 0.1) is 50.8 Å². The minimum atomic E-state index is -0.414. The SMILES string of the molecule is CCCCCCCCCCCCC(O)CN(CCOCCOCCN(CC(O)CC)CC(O)C(C)CCCCCCCCCC)CC(O)C(C)CCCCCCCCCC. The Morgan fingerprint density at radius 2 is 0.650 bits per heavy atom. The number of ether oxygens (including phenoxy) is 2. The maximum absolute atomic E-state index is 11.2. The lowest BCUT2D eigenvalue weighted by atomic mass is 9.96. The summed E-state index contributed by atoms with van der Waals surface area (Å²) in [4.78, 5) is 4.37. The molecule has 0 saturated carbocycles. The van der Waals surface area contributed by atoms with Crippen molar-refractivity contribution in [2.75, 3.05) is 65.7 Å². The van der Waals surface area contributed by atoms with Crippen LogP contribution in [0.2, 0.25) is 0 Å². The predicted molar refractivity (Wildman–Crippen MR) is 258 cm³/mol. The average Bonchev–Trinajstić information content (AvgIpc) is 3.23. The zero-order chi connectivity index (χ0) is 44.3. The summed E-state index contributed by atoms with van der Waals surface area (Å²) in [6.45, 7) is 18.8. The molecule has 0 fully saturated rings. The highest BCUT2D eigenvalue weighted by Gasteiger charge is 2.21. The minimum Gasteiger partial charge on any atom is -0.392 e. The van der Waals surface area contributed by atoms with Crippen molar-refractivity contribution in [3.63, 3.8) is 0 Å². The fourth-order valence-corrected chi connectivity index (χ4v) is 8.38. The molecule has 362 valence electrons. The lowest BCUT2D eigenvalue weighted by molar-refractivity contribution is 0.0000344. The molecule has 0 radical (unpaired) electrons. The van der Waals surface area contributed by atoms with Gasteiger partial charge >= 0.3 is 0 Å². The van der Waals surface area contributed by atoms with E-state index in [1.54, 1.807) is 0 Å². The van der Waals surface area contributed by atoms with E-state index in [0.29, 0.717) is 72.1 Å². The lowest BCUT2D eigenvalue weighted by Crippen LogP contribution is -2.42. The Hall–Kier alpha value is -0.320. The van der Waals surface area contributed by atoms with Gasteiger partial charge in [0.15, 0.2) is 0 Å². The zero-order valence-electron chi connectivity index (χ0n) is 41.2. The van der Waals surface area contributed by atoms with Crippen LogP contribution in [-0.4, -0.2) is 120 Å². The first-order chi connectivity index (χ1) is 29.2. The molecule has 0 aliphatic heterocycles. The molecular formula is C52H108N2O6. The van der Waals surface area contributed by atoms with Crippen LogP contribution in [-0.2, 0) is 9.47 Å². The van der Waals surface area contributed by atoms with Gasteiger partial charge < -0.3 is 29.9 Å². The van der Waals surface area contributed by atoms with E-state index < -0.39 is 24.4 Å². The number of aliphatic hydroxyl groups is 4. The molecule has 6 atom stereocenters. The summed E-state index contributed by atoms with van der Waals surface area (Å²) in [6, 6.07) is 0. The Labute approximate surface area is 374 Å². The summed E-state index contributed by atoms with van der Waals surface area (Å²) in [6.07, 6.45) is 35.7. The maximum atomic E-state index is 11.2. The van der Waals surface area contributed by atoms with Gasteiger partial charge in [0.1, 0.15) is 0 Å². The summed E-state index contributed by atoms with van der Waals surface area (Å²) in [5.74, 6) is 0.471. The van der Waals surface area contributed by atoms with E-state index in [-0.39, 0.29) is 11.8 Å². The van der Waals surface area contributed by atoms with Crippen molar-refractivity contribution < 1.29 is 29.9 Å². The molecule has 0 aromatic carbocycles. The first-order valence-corrected chi connectivity index (χ1v) is 26.5. The van der Waals surface area contributed by atoms with Crippen LogP contribution in [0.25, 0.3) is 0 Å². The average molecular weight is 857 g/mol. The summed E-state index contributed by atoms with van der Waals surface area (Å²) in [5.41, 5.74) is 0. The van der Waals surface area contributed by atoms with Gasteiger partial charge in [-0.1, -0.05) is 208 Å². The van der Waals surface area contributed by atoms with E-state index in [1.165, 1.54) is 161 Å². The van der Waals surface area contributed by atoms with E-state index in [1.807, 2.05) is 6.92 Å². The van der Waals surface area contributed by atoms with E-state index in [9.17, 15) is 20.4 Å². The van der Waals surface area contributed by atoms with Gasteiger partial charge in [-0.15, -0.1) is 0 Å². The molecule has 0 aromatic heterocycles. The summed E-state index contributed by atoms with van der Waals surface area (Å²) in [7, 11) is 0. The fourth-order valence-electron chi connectivity index (χ4n) is 8.38. The van der Waals surface area contributed by atoms with Crippen molar-refractivity contribution in [3.05, 3.63) is 0 Å². The molecule has 8 heteroatoms. The van der Waals surface area contributed by atoms with Crippen molar-refractivity contribution >= 4 is 0 Å². The highest BCUT2D eigenvalue weighted by Crippen LogP contribution is 2.19.